The summed E-state index contributed by atoms with van der Waals surface area (Å²) in [5.74, 6) is -0.249. The van der Waals surface area contributed by atoms with Crippen LogP contribution in [0.2, 0.25) is 0 Å². The van der Waals surface area contributed by atoms with Crippen LogP contribution in [-0.4, -0.2) is 68.1 Å². The summed E-state index contributed by atoms with van der Waals surface area (Å²) < 4.78 is 3.09. The zero-order valence-corrected chi connectivity index (χ0v) is 14.8. The Morgan fingerprint density at radius 2 is 1.92 bits per heavy atom. The van der Waals surface area contributed by atoms with Crippen LogP contribution < -0.4 is 5.56 Å². The lowest BCUT2D eigenvalue weighted by molar-refractivity contribution is 0.0660. The number of nitrogens with zero attached hydrogens (tertiary/aromatic N) is 6. The SMILES string of the molecule is Cc1nc2ccn(-c3cccnc3)n2c(=O)c1C(=O)N1CCN(C)CC1. The standard InChI is InChI=1S/C18H20N6O2/c1-13-16(17(25)22-10-8-21(2)9-11-22)18(26)24-15(20-13)5-7-23(24)14-4-3-6-19-12-14/h3-7,12H,8-11H2,1-2H3. The normalized spacial score (nSPS) is 15.5. The number of hydrogen-bond acceptors (Lipinski definition) is 5. The molecule has 0 unspecified atom stereocenters. The first-order chi connectivity index (χ1) is 12.6. The number of likely N-dealkylation sites (N-methyl/N-ethyl adjacent to an activating group) is 1. The van der Waals surface area contributed by atoms with Gasteiger partial charge in [0.05, 0.1) is 17.6 Å². The smallest absolute Gasteiger partial charge is 0.286 e. The van der Waals surface area contributed by atoms with Gasteiger partial charge in [-0.1, -0.05) is 0 Å². The molecule has 134 valence electrons. The third kappa shape index (κ3) is 2.68. The van der Waals surface area contributed by atoms with Gasteiger partial charge in [0.25, 0.3) is 11.5 Å². The van der Waals surface area contributed by atoms with E-state index in [1.165, 1.54) is 4.52 Å². The Balaban J connectivity index is 1.83. The first-order valence-electron chi connectivity index (χ1n) is 8.55. The summed E-state index contributed by atoms with van der Waals surface area (Å²) in [6.07, 6.45) is 5.08. The second-order valence-corrected chi connectivity index (χ2v) is 6.51. The van der Waals surface area contributed by atoms with Gasteiger partial charge in [-0.25, -0.2) is 4.98 Å². The molecule has 3 aromatic rings. The van der Waals surface area contributed by atoms with Gasteiger partial charge in [-0.2, -0.15) is 4.52 Å². The molecule has 0 spiro atoms. The number of aromatic nitrogens is 4. The molecule has 0 aliphatic carbocycles. The molecular formula is C18H20N6O2. The summed E-state index contributed by atoms with van der Waals surface area (Å²) >= 11 is 0. The molecule has 0 aromatic carbocycles. The summed E-state index contributed by atoms with van der Waals surface area (Å²) in [6, 6.07) is 5.40. The molecule has 1 aliphatic heterocycles. The van der Waals surface area contributed by atoms with E-state index in [9.17, 15) is 9.59 Å². The largest absolute Gasteiger partial charge is 0.336 e. The maximum absolute atomic E-state index is 13.2. The fraction of sp³-hybridized carbons (Fsp3) is 0.333. The highest BCUT2D eigenvalue weighted by Crippen LogP contribution is 2.12. The molecular weight excluding hydrogens is 332 g/mol. The molecule has 0 radical (unpaired) electrons. The van der Waals surface area contributed by atoms with Gasteiger partial charge in [-0.3, -0.25) is 19.3 Å². The summed E-state index contributed by atoms with van der Waals surface area (Å²) in [5, 5.41) is 0. The Kier molecular flexibility index (Phi) is 4.04. The van der Waals surface area contributed by atoms with Crippen molar-refractivity contribution in [2.24, 2.45) is 0 Å². The van der Waals surface area contributed by atoms with Crippen molar-refractivity contribution in [1.82, 2.24) is 29.0 Å². The number of pyridine rings is 1. The maximum atomic E-state index is 13.2. The summed E-state index contributed by atoms with van der Waals surface area (Å²) in [6.45, 7) is 4.54. The van der Waals surface area contributed by atoms with Gasteiger partial charge in [0.1, 0.15) is 5.56 Å². The molecule has 0 N–H and O–H groups in total. The Hall–Kier alpha value is -3.00. The molecule has 4 rings (SSSR count). The van der Waals surface area contributed by atoms with Crippen molar-refractivity contribution in [3.63, 3.8) is 0 Å². The van der Waals surface area contributed by atoms with Gasteiger partial charge in [-0.05, 0) is 26.1 Å². The fourth-order valence-corrected chi connectivity index (χ4v) is 3.26. The lowest BCUT2D eigenvalue weighted by Gasteiger charge is -2.32. The van der Waals surface area contributed by atoms with Crippen molar-refractivity contribution < 1.29 is 4.79 Å². The predicted octanol–water partition coefficient (Wildman–Crippen LogP) is 0.576. The van der Waals surface area contributed by atoms with E-state index in [0.717, 1.165) is 18.8 Å². The van der Waals surface area contributed by atoms with Crippen molar-refractivity contribution in [1.29, 1.82) is 0 Å². The highest BCUT2D eigenvalue weighted by atomic mass is 16.2. The van der Waals surface area contributed by atoms with Crippen LogP contribution >= 0.6 is 0 Å². The van der Waals surface area contributed by atoms with Crippen molar-refractivity contribution in [2.45, 2.75) is 6.92 Å². The Morgan fingerprint density at radius 1 is 1.15 bits per heavy atom. The summed E-state index contributed by atoms with van der Waals surface area (Å²) in [7, 11) is 2.02. The number of fused-ring (bicyclic) bond motifs is 1. The molecule has 0 atom stereocenters. The van der Waals surface area contributed by atoms with Gasteiger partial charge >= 0.3 is 0 Å². The zero-order valence-electron chi connectivity index (χ0n) is 14.8. The van der Waals surface area contributed by atoms with Crippen LogP contribution in [0, 0.1) is 6.92 Å². The van der Waals surface area contributed by atoms with Crippen molar-refractivity contribution >= 4 is 11.6 Å². The lowest BCUT2D eigenvalue weighted by Crippen LogP contribution is -2.48. The van der Waals surface area contributed by atoms with E-state index in [4.69, 9.17) is 0 Å². The fourth-order valence-electron chi connectivity index (χ4n) is 3.26. The molecule has 1 fully saturated rings. The van der Waals surface area contributed by atoms with Gasteiger partial charge in [-0.15, -0.1) is 0 Å². The first kappa shape index (κ1) is 16.5. The Labute approximate surface area is 150 Å². The minimum absolute atomic E-state index is 0.135. The van der Waals surface area contributed by atoms with E-state index in [2.05, 4.69) is 14.9 Å². The molecule has 3 aromatic heterocycles. The van der Waals surface area contributed by atoms with Gasteiger partial charge in [0, 0.05) is 44.6 Å². The van der Waals surface area contributed by atoms with Gasteiger partial charge in [0.15, 0.2) is 5.65 Å². The van der Waals surface area contributed by atoms with Gasteiger partial charge < -0.3 is 9.80 Å². The number of carbonyl (C=O) groups is 1. The second-order valence-electron chi connectivity index (χ2n) is 6.51. The highest BCUT2D eigenvalue weighted by molar-refractivity contribution is 5.95. The number of hydrogen-bond donors (Lipinski definition) is 0. The summed E-state index contributed by atoms with van der Waals surface area (Å²) in [5.41, 5.74) is 1.48. The summed E-state index contributed by atoms with van der Waals surface area (Å²) in [4.78, 5) is 38.6. The van der Waals surface area contributed by atoms with E-state index in [1.54, 1.807) is 47.2 Å². The van der Waals surface area contributed by atoms with Crippen LogP contribution in [0.1, 0.15) is 16.1 Å². The maximum Gasteiger partial charge on any atom is 0.286 e. The topological polar surface area (TPSA) is 75.7 Å². The van der Waals surface area contributed by atoms with Crippen LogP contribution in [0.5, 0.6) is 0 Å². The number of rotatable bonds is 2. The second kappa shape index (κ2) is 6.38. The molecule has 26 heavy (non-hydrogen) atoms. The molecule has 0 bridgehead atoms. The van der Waals surface area contributed by atoms with E-state index in [-0.39, 0.29) is 17.0 Å². The molecule has 8 heteroatoms. The van der Waals surface area contributed by atoms with Crippen LogP contribution in [0.3, 0.4) is 0 Å². The first-order valence-corrected chi connectivity index (χ1v) is 8.55. The van der Waals surface area contributed by atoms with E-state index in [0.29, 0.717) is 24.4 Å². The minimum atomic E-state index is -0.356. The minimum Gasteiger partial charge on any atom is -0.336 e. The molecule has 1 saturated heterocycles. The van der Waals surface area contributed by atoms with Crippen LogP contribution in [0.4, 0.5) is 0 Å². The lowest BCUT2D eigenvalue weighted by atomic mass is 10.2. The third-order valence-electron chi connectivity index (χ3n) is 4.76. The van der Waals surface area contributed by atoms with Crippen LogP contribution in [-0.2, 0) is 0 Å². The van der Waals surface area contributed by atoms with E-state index in [1.807, 2.05) is 13.1 Å². The third-order valence-corrected chi connectivity index (χ3v) is 4.76. The number of piperazine rings is 1. The van der Waals surface area contributed by atoms with Crippen molar-refractivity contribution in [3.05, 3.63) is 58.4 Å². The van der Waals surface area contributed by atoms with Crippen molar-refractivity contribution in [2.75, 3.05) is 33.2 Å². The van der Waals surface area contributed by atoms with Crippen molar-refractivity contribution in [3.8, 4) is 5.69 Å². The Morgan fingerprint density at radius 3 is 2.62 bits per heavy atom. The predicted molar refractivity (Wildman–Crippen MR) is 96.7 cm³/mol. The monoisotopic (exact) mass is 352 g/mol. The number of carbonyl (C=O) groups excluding carboxylic acids is 1. The molecule has 4 heterocycles. The van der Waals surface area contributed by atoms with Crippen LogP contribution in [0.15, 0.2) is 41.6 Å². The Bertz CT molecular complexity index is 1020. The molecule has 8 nitrogen and oxygen atoms in total. The molecule has 1 amide bonds. The highest BCUT2D eigenvalue weighted by Gasteiger charge is 2.26. The van der Waals surface area contributed by atoms with E-state index < -0.39 is 0 Å². The number of amides is 1. The quantitative estimate of drug-likeness (QED) is 0.674. The van der Waals surface area contributed by atoms with E-state index >= 15 is 0 Å². The molecule has 1 aliphatic rings. The zero-order chi connectivity index (χ0) is 18.3. The average Bonchev–Trinajstić information content (AvgIpc) is 3.07. The van der Waals surface area contributed by atoms with Gasteiger partial charge in [0.2, 0.25) is 0 Å². The average molecular weight is 352 g/mol. The van der Waals surface area contributed by atoms with Crippen LogP contribution in [0.25, 0.3) is 11.3 Å². The molecule has 0 saturated carbocycles. The number of aryl methyl sites for hydroxylation is 1.